The van der Waals surface area contributed by atoms with Crippen molar-refractivity contribution >= 4 is 17.7 Å². The third kappa shape index (κ3) is 2.18. The number of hydrogen-bond donors (Lipinski definition) is 1. The molecule has 1 aromatic rings. The van der Waals surface area contributed by atoms with Crippen molar-refractivity contribution in [2.75, 3.05) is 0 Å². The van der Waals surface area contributed by atoms with E-state index in [2.05, 4.69) is 14.3 Å². The van der Waals surface area contributed by atoms with Crippen molar-refractivity contribution < 1.29 is 14.6 Å². The van der Waals surface area contributed by atoms with Gasteiger partial charge in [0.25, 0.3) is 0 Å². The van der Waals surface area contributed by atoms with Gasteiger partial charge in [0.15, 0.2) is 4.98 Å². The topological polar surface area (TPSA) is 66.8 Å². The molecule has 1 aromatic carbocycles. The molecule has 0 atom stereocenters. The molecule has 0 bridgehead atoms. The van der Waals surface area contributed by atoms with E-state index in [9.17, 15) is 0 Å². The first-order valence-electron chi connectivity index (χ1n) is 2.97. The van der Waals surface area contributed by atoms with Crippen LogP contribution in [0.2, 0.25) is 0 Å². The van der Waals surface area contributed by atoms with Gasteiger partial charge in [-0.25, -0.2) is 5.26 Å². The molecule has 12 heavy (non-hydrogen) atoms. The molecule has 0 saturated heterocycles. The summed E-state index contributed by atoms with van der Waals surface area (Å²) in [6, 6.07) is 6.68. The van der Waals surface area contributed by atoms with Crippen molar-refractivity contribution in [1.82, 2.24) is 0 Å². The van der Waals surface area contributed by atoms with Gasteiger partial charge < -0.3 is 0 Å². The van der Waals surface area contributed by atoms with Crippen LogP contribution in [0.3, 0.4) is 0 Å². The van der Waals surface area contributed by atoms with Crippen molar-refractivity contribution in [3.63, 3.8) is 0 Å². The molecular weight excluding hydrogens is 180 g/mol. The van der Waals surface area contributed by atoms with Crippen LogP contribution < -0.4 is 0 Å². The van der Waals surface area contributed by atoms with Crippen LogP contribution in [0, 0.1) is 5.39 Å². The highest BCUT2D eigenvalue weighted by Gasteiger charge is 2.13. The van der Waals surface area contributed by atoms with Crippen LogP contribution in [0.4, 0.5) is 5.69 Å². The molecule has 0 heterocycles. The Kier molecular flexibility index (Phi) is 3.50. The first kappa shape index (κ1) is 8.96. The fourth-order valence-electron chi connectivity index (χ4n) is 0.662. The number of hydrogen-bond acceptors (Lipinski definition) is 5. The Morgan fingerprint density at radius 3 is 2.83 bits per heavy atom. The summed E-state index contributed by atoms with van der Waals surface area (Å²) in [7, 11) is 0. The van der Waals surface area contributed by atoms with Gasteiger partial charge in [-0.05, 0) is 6.07 Å². The highest BCUT2D eigenvalue weighted by molar-refractivity contribution is 7.94. The molecule has 0 amide bonds. The van der Waals surface area contributed by atoms with Gasteiger partial charge in [0, 0.05) is 6.07 Å². The Hall–Kier alpha value is -1.13. The summed E-state index contributed by atoms with van der Waals surface area (Å²) in [5.41, 5.74) is 0.347. The predicted molar refractivity (Wildman–Crippen MR) is 41.8 cm³/mol. The smallest absolute Gasteiger partial charge is 0.220 e. The maximum atomic E-state index is 8.47. The first-order chi connectivity index (χ1) is 5.88. The van der Waals surface area contributed by atoms with E-state index in [4.69, 9.17) is 10.7 Å². The minimum absolute atomic E-state index is 0.347. The molecule has 62 valence electrons. The average Bonchev–Trinajstić information content (AvgIpc) is 2.15. The average molecular weight is 185 g/mol. The van der Waals surface area contributed by atoms with Crippen molar-refractivity contribution in [3.05, 3.63) is 29.2 Å². The Bertz CT molecular complexity index is 299. The zero-order chi connectivity index (χ0) is 8.81. The van der Waals surface area contributed by atoms with Gasteiger partial charge >= 0.3 is 5.69 Å². The molecule has 0 aliphatic carbocycles. The third-order valence-corrected chi connectivity index (χ3v) is 1.78. The molecule has 0 aliphatic rings. The second kappa shape index (κ2) is 4.69. The lowest BCUT2D eigenvalue weighted by Crippen LogP contribution is -1.78. The summed E-state index contributed by atoms with van der Waals surface area (Å²) in [5.74, 6) is 0. The Balaban J connectivity index is 2.77. The first-order valence-corrected chi connectivity index (χ1v) is 3.71. The monoisotopic (exact) mass is 185 g/mol. The molecule has 0 aromatic heterocycles. The van der Waals surface area contributed by atoms with Crippen LogP contribution in [0.25, 0.3) is 4.98 Å². The second-order valence-corrected chi connectivity index (χ2v) is 2.54. The Morgan fingerprint density at radius 1 is 1.42 bits per heavy atom. The molecule has 0 spiro atoms. The largest absolute Gasteiger partial charge is 0.400 e. The lowest BCUT2D eigenvalue weighted by molar-refractivity contribution is -0.432. The van der Waals surface area contributed by atoms with Crippen molar-refractivity contribution in [2.45, 2.75) is 4.90 Å². The van der Waals surface area contributed by atoms with Crippen LogP contribution in [0.15, 0.2) is 29.2 Å². The predicted octanol–water partition coefficient (Wildman–Crippen LogP) is 2.60. The summed E-state index contributed by atoms with van der Waals surface area (Å²) >= 11 is 0.746. The van der Waals surface area contributed by atoms with Crippen molar-refractivity contribution in [1.29, 1.82) is 5.39 Å². The molecule has 0 saturated carbocycles. The van der Waals surface area contributed by atoms with Gasteiger partial charge in [-0.1, -0.05) is 17.2 Å². The van der Waals surface area contributed by atoms with E-state index in [-0.39, 0.29) is 0 Å². The van der Waals surface area contributed by atoms with Crippen molar-refractivity contribution in [3.8, 4) is 0 Å². The maximum absolute atomic E-state index is 8.47. The van der Waals surface area contributed by atoms with Crippen LogP contribution in [-0.4, -0.2) is 5.26 Å². The SMILES string of the molecule is N#[N+]c1ccccc1SOOO. The summed E-state index contributed by atoms with van der Waals surface area (Å²) in [4.78, 5) is 3.52. The molecule has 1 rings (SSSR count). The van der Waals surface area contributed by atoms with E-state index >= 15 is 0 Å². The van der Waals surface area contributed by atoms with Gasteiger partial charge in [0.05, 0.1) is 12.0 Å². The van der Waals surface area contributed by atoms with Gasteiger partial charge in [-0.3, -0.25) is 0 Å². The van der Waals surface area contributed by atoms with Crippen LogP contribution in [-0.2, 0) is 9.37 Å². The van der Waals surface area contributed by atoms with Gasteiger partial charge in [-0.2, -0.15) is 0 Å². The number of nitrogens with zero attached hydrogens (tertiary/aromatic N) is 2. The number of rotatable bonds is 3. The Labute approximate surface area is 72.6 Å². The second-order valence-electron chi connectivity index (χ2n) is 1.79. The van der Waals surface area contributed by atoms with E-state index in [1.165, 1.54) is 0 Å². The highest BCUT2D eigenvalue weighted by Crippen LogP contribution is 2.29. The summed E-state index contributed by atoms with van der Waals surface area (Å²) in [6.45, 7) is 0. The maximum Gasteiger partial charge on any atom is 0.400 e. The molecule has 0 aliphatic heterocycles. The fourth-order valence-corrected chi connectivity index (χ4v) is 1.09. The lowest BCUT2D eigenvalue weighted by atomic mass is 10.3. The minimum atomic E-state index is 0.347. The highest BCUT2D eigenvalue weighted by atomic mass is 32.2. The zero-order valence-corrected chi connectivity index (χ0v) is 6.69. The molecule has 1 N–H and O–H groups in total. The lowest BCUT2D eigenvalue weighted by Gasteiger charge is -1.91. The summed E-state index contributed by atoms with van der Waals surface area (Å²) < 4.78 is 4.16. The van der Waals surface area contributed by atoms with E-state index in [1.807, 2.05) is 0 Å². The molecule has 0 radical (unpaired) electrons. The van der Waals surface area contributed by atoms with E-state index in [1.54, 1.807) is 24.3 Å². The van der Waals surface area contributed by atoms with E-state index in [0.717, 1.165) is 12.0 Å². The minimum Gasteiger partial charge on any atom is -0.220 e. The Morgan fingerprint density at radius 2 is 2.17 bits per heavy atom. The normalized spacial score (nSPS) is 9.33. The number of benzene rings is 1. The van der Waals surface area contributed by atoms with Crippen LogP contribution in [0.5, 0.6) is 0 Å². The van der Waals surface area contributed by atoms with Gasteiger partial charge in [-0.15, -0.1) is 4.33 Å². The van der Waals surface area contributed by atoms with Crippen LogP contribution >= 0.6 is 12.0 Å². The van der Waals surface area contributed by atoms with Gasteiger partial charge in [0.1, 0.15) is 4.90 Å². The molecular formula is C6H5N2O3S+. The summed E-state index contributed by atoms with van der Waals surface area (Å²) in [5, 5.41) is 19.7. The molecule has 5 nitrogen and oxygen atoms in total. The zero-order valence-electron chi connectivity index (χ0n) is 5.88. The van der Waals surface area contributed by atoms with Gasteiger partial charge in [0.2, 0.25) is 5.39 Å². The fraction of sp³-hybridized carbons (Fsp3) is 0. The van der Waals surface area contributed by atoms with E-state index < -0.39 is 0 Å². The standard InChI is InChI=1S/C6H4N2O3S/c7-8-5-3-1-2-4-6(5)12-11-10-9/h1-4H/p+1. The van der Waals surface area contributed by atoms with Crippen molar-refractivity contribution in [2.24, 2.45) is 0 Å². The summed E-state index contributed by atoms with van der Waals surface area (Å²) in [6.07, 6.45) is 0. The third-order valence-electron chi connectivity index (χ3n) is 1.13. The quantitative estimate of drug-likeness (QED) is 0.339. The van der Waals surface area contributed by atoms with E-state index in [0.29, 0.717) is 10.6 Å². The molecule has 6 heteroatoms. The van der Waals surface area contributed by atoms with Crippen LogP contribution in [0.1, 0.15) is 0 Å². The number of diazo groups is 1. The molecule has 0 unspecified atom stereocenters. The molecule has 0 fully saturated rings.